The largest absolute Gasteiger partial charge is 0.491 e. The van der Waals surface area contributed by atoms with E-state index in [1.165, 1.54) is 11.3 Å². The van der Waals surface area contributed by atoms with Crippen molar-refractivity contribution in [1.29, 1.82) is 0 Å². The Labute approximate surface area is 144 Å². The highest BCUT2D eigenvalue weighted by Crippen LogP contribution is 2.23. The molecule has 0 bridgehead atoms. The Kier molecular flexibility index (Phi) is 5.15. The third kappa shape index (κ3) is 3.94. The van der Waals surface area contributed by atoms with Gasteiger partial charge in [0, 0.05) is 11.4 Å². The number of rotatable bonds is 8. The number of carbonyl (C=O) groups excluding carboxylic acids is 1. The van der Waals surface area contributed by atoms with Crippen LogP contribution in [0.1, 0.15) is 27.4 Å². The molecule has 0 saturated carbocycles. The van der Waals surface area contributed by atoms with Gasteiger partial charge in [-0.2, -0.15) is 0 Å². The van der Waals surface area contributed by atoms with Gasteiger partial charge in [0.2, 0.25) is 5.91 Å². The highest BCUT2D eigenvalue weighted by Gasteiger charge is 2.35. The van der Waals surface area contributed by atoms with Gasteiger partial charge >= 0.3 is 5.97 Å². The van der Waals surface area contributed by atoms with Gasteiger partial charge in [0.1, 0.15) is 17.2 Å². The van der Waals surface area contributed by atoms with Crippen LogP contribution >= 0.6 is 11.3 Å². The number of hydrogen-bond donors (Lipinski definition) is 1. The van der Waals surface area contributed by atoms with Gasteiger partial charge in [-0.05, 0) is 37.1 Å². The summed E-state index contributed by atoms with van der Waals surface area (Å²) in [5.41, 5.74) is 0. The number of aromatic carboxylic acids is 1. The predicted octanol–water partition coefficient (Wildman–Crippen LogP) is 3.06. The Hall–Kier alpha value is -2.34. The maximum Gasteiger partial charge on any atom is 0.345 e. The summed E-state index contributed by atoms with van der Waals surface area (Å²) >= 11 is 1.30. The van der Waals surface area contributed by atoms with E-state index in [1.807, 2.05) is 41.3 Å². The minimum Gasteiger partial charge on any atom is -0.491 e. The van der Waals surface area contributed by atoms with Crippen LogP contribution in [0.2, 0.25) is 0 Å². The molecular formula is C18H19NO4S. The number of hydrogen-bond acceptors (Lipinski definition) is 4. The lowest BCUT2D eigenvalue weighted by Crippen LogP contribution is -2.55. The lowest BCUT2D eigenvalue weighted by molar-refractivity contribution is -0.147. The molecular weight excluding hydrogens is 326 g/mol. The predicted molar refractivity (Wildman–Crippen MR) is 91.7 cm³/mol. The number of β-lactam (4-membered cyclic amide) rings is 1. The van der Waals surface area contributed by atoms with Gasteiger partial charge < -0.3 is 14.7 Å². The van der Waals surface area contributed by atoms with Crippen molar-refractivity contribution in [3.8, 4) is 5.75 Å². The normalized spacial score (nSPS) is 16.8. The monoisotopic (exact) mass is 345 g/mol. The molecule has 0 aliphatic carbocycles. The summed E-state index contributed by atoms with van der Waals surface area (Å²) in [5.74, 6) is 0.0907. The number of carboxylic acids is 1. The Morgan fingerprint density at radius 1 is 1.25 bits per heavy atom. The first kappa shape index (κ1) is 16.5. The summed E-state index contributed by atoms with van der Waals surface area (Å²) in [6, 6.07) is 13.2. The fraction of sp³-hybridized carbons (Fsp3) is 0.333. The lowest BCUT2D eigenvalue weighted by atomic mass is 10.0. The topological polar surface area (TPSA) is 66.8 Å². The van der Waals surface area contributed by atoms with Crippen LogP contribution in [-0.4, -0.2) is 41.1 Å². The number of ether oxygens (including phenoxy) is 1. The molecule has 1 atom stereocenters. The number of aryl methyl sites for hydroxylation is 1. The summed E-state index contributed by atoms with van der Waals surface area (Å²) < 4.78 is 5.73. The van der Waals surface area contributed by atoms with E-state index in [4.69, 9.17) is 9.84 Å². The molecule has 0 unspecified atom stereocenters. The second-order valence-corrected chi connectivity index (χ2v) is 6.91. The van der Waals surface area contributed by atoms with Gasteiger partial charge in [-0.15, -0.1) is 11.3 Å². The van der Waals surface area contributed by atoms with Crippen molar-refractivity contribution in [2.45, 2.75) is 25.3 Å². The van der Waals surface area contributed by atoms with Crippen molar-refractivity contribution >= 4 is 23.2 Å². The first-order valence-electron chi connectivity index (χ1n) is 7.93. The Morgan fingerprint density at radius 2 is 2.04 bits per heavy atom. The fourth-order valence-corrected chi connectivity index (χ4v) is 3.62. The molecule has 0 spiro atoms. The third-order valence-electron chi connectivity index (χ3n) is 4.05. The van der Waals surface area contributed by atoms with Crippen LogP contribution in [0.5, 0.6) is 5.75 Å². The molecule has 24 heavy (non-hydrogen) atoms. The lowest BCUT2D eigenvalue weighted by Gasteiger charge is -2.40. The van der Waals surface area contributed by atoms with Crippen molar-refractivity contribution in [2.24, 2.45) is 0 Å². The van der Waals surface area contributed by atoms with Crippen LogP contribution in [-0.2, 0) is 11.2 Å². The molecule has 6 heteroatoms. The second-order valence-electron chi connectivity index (χ2n) is 5.74. The molecule has 1 aliphatic heterocycles. The molecule has 2 heterocycles. The molecule has 1 saturated heterocycles. The van der Waals surface area contributed by atoms with E-state index in [1.54, 1.807) is 6.07 Å². The summed E-state index contributed by atoms with van der Waals surface area (Å²) in [5, 5.41) is 8.93. The average Bonchev–Trinajstić information content (AvgIpc) is 3.05. The summed E-state index contributed by atoms with van der Waals surface area (Å²) in [4.78, 5) is 25.9. The molecule has 1 fully saturated rings. The van der Waals surface area contributed by atoms with Gasteiger partial charge in [0.05, 0.1) is 12.5 Å². The maximum absolute atomic E-state index is 11.8. The van der Waals surface area contributed by atoms with Crippen molar-refractivity contribution in [3.05, 3.63) is 52.2 Å². The molecule has 0 radical (unpaired) electrons. The highest BCUT2D eigenvalue weighted by atomic mass is 32.1. The number of amides is 1. The fourth-order valence-electron chi connectivity index (χ4n) is 2.74. The standard InChI is InChI=1S/C18H19NO4S/c20-17-11-13(12-23-14-5-2-1-3-6-14)19(17)10-4-7-15-8-9-16(24-15)18(21)22/h1-3,5-6,8-9,13H,4,7,10-12H2,(H,21,22)/t13-/m1/s1. The van der Waals surface area contributed by atoms with Crippen LogP contribution in [0, 0.1) is 0 Å². The number of thiophene rings is 1. The SMILES string of the molecule is O=C(O)c1ccc(CCCN2C(=O)C[C@@H]2COc2ccccc2)s1. The summed E-state index contributed by atoms with van der Waals surface area (Å²) in [6.07, 6.45) is 2.15. The van der Waals surface area contributed by atoms with Gasteiger partial charge in [-0.3, -0.25) is 4.79 Å². The molecule has 1 aromatic heterocycles. The van der Waals surface area contributed by atoms with E-state index < -0.39 is 5.97 Å². The van der Waals surface area contributed by atoms with Gasteiger partial charge in [0.15, 0.2) is 0 Å². The Bertz CT molecular complexity index is 713. The molecule has 1 aliphatic rings. The molecule has 2 aromatic rings. The van der Waals surface area contributed by atoms with Crippen molar-refractivity contribution in [2.75, 3.05) is 13.2 Å². The van der Waals surface area contributed by atoms with Crippen molar-refractivity contribution in [1.82, 2.24) is 4.90 Å². The highest BCUT2D eigenvalue weighted by molar-refractivity contribution is 7.13. The van der Waals surface area contributed by atoms with Crippen LogP contribution in [0.3, 0.4) is 0 Å². The van der Waals surface area contributed by atoms with Gasteiger partial charge in [0.25, 0.3) is 0 Å². The van der Waals surface area contributed by atoms with Gasteiger partial charge in [-0.25, -0.2) is 4.79 Å². The van der Waals surface area contributed by atoms with E-state index in [0.717, 1.165) is 23.5 Å². The van der Waals surface area contributed by atoms with E-state index >= 15 is 0 Å². The van der Waals surface area contributed by atoms with Crippen LogP contribution in [0.4, 0.5) is 0 Å². The van der Waals surface area contributed by atoms with Gasteiger partial charge in [-0.1, -0.05) is 18.2 Å². The van der Waals surface area contributed by atoms with E-state index in [9.17, 15) is 9.59 Å². The van der Waals surface area contributed by atoms with Crippen LogP contribution < -0.4 is 4.74 Å². The maximum atomic E-state index is 11.8. The van der Waals surface area contributed by atoms with E-state index in [2.05, 4.69) is 0 Å². The van der Waals surface area contributed by atoms with Crippen molar-refractivity contribution in [3.63, 3.8) is 0 Å². The number of nitrogens with zero attached hydrogens (tertiary/aromatic N) is 1. The summed E-state index contributed by atoms with van der Waals surface area (Å²) in [6.45, 7) is 1.19. The molecule has 3 rings (SSSR count). The zero-order valence-electron chi connectivity index (χ0n) is 13.2. The van der Waals surface area contributed by atoms with Crippen LogP contribution in [0.15, 0.2) is 42.5 Å². The number of para-hydroxylation sites is 1. The number of benzene rings is 1. The molecule has 1 N–H and O–H groups in total. The molecule has 5 nitrogen and oxygen atoms in total. The zero-order chi connectivity index (χ0) is 16.9. The first-order chi connectivity index (χ1) is 11.6. The minimum absolute atomic E-state index is 0.135. The number of carboxylic acid groups (broad SMARTS) is 1. The molecule has 126 valence electrons. The van der Waals surface area contributed by atoms with Crippen molar-refractivity contribution < 1.29 is 19.4 Å². The van der Waals surface area contributed by atoms with E-state index in [0.29, 0.717) is 24.4 Å². The second kappa shape index (κ2) is 7.49. The average molecular weight is 345 g/mol. The third-order valence-corrected chi connectivity index (χ3v) is 5.18. The smallest absolute Gasteiger partial charge is 0.345 e. The molecule has 1 aromatic carbocycles. The van der Waals surface area contributed by atoms with Crippen LogP contribution in [0.25, 0.3) is 0 Å². The summed E-state index contributed by atoms with van der Waals surface area (Å²) in [7, 11) is 0. The zero-order valence-corrected chi connectivity index (χ0v) is 14.0. The quantitative estimate of drug-likeness (QED) is 0.747. The Balaban J connectivity index is 1.43. The number of carbonyl (C=O) groups is 2. The van der Waals surface area contributed by atoms with E-state index in [-0.39, 0.29) is 11.9 Å². The number of likely N-dealkylation sites (tertiary alicyclic amines) is 1. The minimum atomic E-state index is -0.887. The molecule has 1 amide bonds. The Morgan fingerprint density at radius 3 is 2.71 bits per heavy atom. The first-order valence-corrected chi connectivity index (χ1v) is 8.74.